The molecule has 4 nitrogen and oxygen atoms in total. The van der Waals surface area contributed by atoms with Gasteiger partial charge in [0.2, 0.25) is 0 Å². The molecule has 0 atom stereocenters. The lowest BCUT2D eigenvalue weighted by molar-refractivity contribution is 0.102. The van der Waals surface area contributed by atoms with E-state index in [1.54, 1.807) is 24.4 Å². The molecule has 1 amide bonds. The van der Waals surface area contributed by atoms with Crippen LogP contribution in [0.2, 0.25) is 0 Å². The lowest BCUT2D eigenvalue weighted by Crippen LogP contribution is -2.14. The summed E-state index contributed by atoms with van der Waals surface area (Å²) >= 11 is 3.26. The number of aryl methyl sites for hydroxylation is 1. The van der Waals surface area contributed by atoms with Crippen molar-refractivity contribution in [3.8, 4) is 5.75 Å². The third-order valence-corrected chi connectivity index (χ3v) is 2.94. The molecule has 5 heteroatoms. The van der Waals surface area contributed by atoms with Gasteiger partial charge >= 0.3 is 0 Å². The van der Waals surface area contributed by atoms with Crippen molar-refractivity contribution < 1.29 is 9.90 Å². The SMILES string of the molecule is Cc1cccnc1NC(=O)c1cc(Br)ccc1O. The van der Waals surface area contributed by atoms with Crippen LogP contribution in [0.25, 0.3) is 0 Å². The molecule has 2 N–H and O–H groups in total. The number of amides is 1. The summed E-state index contributed by atoms with van der Waals surface area (Å²) in [6, 6.07) is 8.33. The number of aromatic hydroxyl groups is 1. The van der Waals surface area contributed by atoms with Gasteiger partial charge in [-0.05, 0) is 36.8 Å². The highest BCUT2D eigenvalue weighted by Crippen LogP contribution is 2.23. The van der Waals surface area contributed by atoms with Crippen molar-refractivity contribution in [2.45, 2.75) is 6.92 Å². The Balaban J connectivity index is 2.28. The predicted octanol–water partition coefficient (Wildman–Crippen LogP) is 3.11. The number of hydrogen-bond acceptors (Lipinski definition) is 3. The number of phenols is 1. The van der Waals surface area contributed by atoms with E-state index in [9.17, 15) is 9.90 Å². The van der Waals surface area contributed by atoms with Crippen molar-refractivity contribution in [2.24, 2.45) is 0 Å². The lowest BCUT2D eigenvalue weighted by atomic mass is 10.2. The second kappa shape index (κ2) is 5.18. The first-order chi connectivity index (χ1) is 8.58. The number of anilines is 1. The van der Waals surface area contributed by atoms with Crippen LogP contribution in [-0.2, 0) is 0 Å². The number of carbonyl (C=O) groups is 1. The zero-order valence-electron chi connectivity index (χ0n) is 9.64. The van der Waals surface area contributed by atoms with Crippen LogP contribution in [0.4, 0.5) is 5.82 Å². The van der Waals surface area contributed by atoms with Crippen LogP contribution in [0.1, 0.15) is 15.9 Å². The van der Waals surface area contributed by atoms with E-state index in [2.05, 4.69) is 26.2 Å². The van der Waals surface area contributed by atoms with Gasteiger partial charge in [-0.1, -0.05) is 22.0 Å². The maximum absolute atomic E-state index is 12.0. The van der Waals surface area contributed by atoms with E-state index in [1.165, 1.54) is 6.07 Å². The van der Waals surface area contributed by atoms with Gasteiger partial charge in [0.05, 0.1) is 5.56 Å². The number of halogens is 1. The van der Waals surface area contributed by atoms with Crippen molar-refractivity contribution in [2.75, 3.05) is 5.32 Å². The molecule has 0 bridgehead atoms. The third-order valence-electron chi connectivity index (χ3n) is 2.44. The number of pyridine rings is 1. The summed E-state index contributed by atoms with van der Waals surface area (Å²) in [5.41, 5.74) is 1.06. The molecule has 0 unspecified atom stereocenters. The topological polar surface area (TPSA) is 62.2 Å². The van der Waals surface area contributed by atoms with Crippen LogP contribution in [0, 0.1) is 6.92 Å². The number of rotatable bonds is 2. The fraction of sp³-hybridized carbons (Fsp3) is 0.0769. The summed E-state index contributed by atoms with van der Waals surface area (Å²) in [5, 5.41) is 12.3. The molecule has 92 valence electrons. The third kappa shape index (κ3) is 2.68. The van der Waals surface area contributed by atoms with E-state index in [0.717, 1.165) is 10.0 Å². The fourth-order valence-electron chi connectivity index (χ4n) is 1.48. The Labute approximate surface area is 113 Å². The Bertz CT molecular complexity index is 599. The number of nitrogens with zero attached hydrogens (tertiary/aromatic N) is 1. The number of benzene rings is 1. The number of aromatic nitrogens is 1. The van der Waals surface area contributed by atoms with Crippen molar-refractivity contribution in [1.82, 2.24) is 4.98 Å². The maximum Gasteiger partial charge on any atom is 0.260 e. The highest BCUT2D eigenvalue weighted by atomic mass is 79.9. The van der Waals surface area contributed by atoms with Crippen molar-refractivity contribution in [3.05, 3.63) is 52.1 Å². The normalized spacial score (nSPS) is 10.1. The van der Waals surface area contributed by atoms with Crippen LogP contribution < -0.4 is 5.32 Å². The minimum atomic E-state index is -0.393. The minimum Gasteiger partial charge on any atom is -0.507 e. The van der Waals surface area contributed by atoms with Gasteiger partial charge < -0.3 is 10.4 Å². The second-order valence-electron chi connectivity index (χ2n) is 3.78. The summed E-state index contributed by atoms with van der Waals surface area (Å²) in [4.78, 5) is 16.1. The van der Waals surface area contributed by atoms with Crippen molar-refractivity contribution >= 4 is 27.7 Å². The highest BCUT2D eigenvalue weighted by Gasteiger charge is 2.13. The molecular formula is C13H11BrN2O2. The Hall–Kier alpha value is -1.88. The molecule has 1 aromatic heterocycles. The zero-order valence-corrected chi connectivity index (χ0v) is 11.2. The number of phenolic OH excluding ortho intramolecular Hbond substituents is 1. The summed E-state index contributed by atoms with van der Waals surface area (Å²) in [5.74, 6) is 0.0294. The molecule has 0 aliphatic rings. The number of carbonyl (C=O) groups excluding carboxylic acids is 1. The second-order valence-corrected chi connectivity index (χ2v) is 4.70. The van der Waals surface area contributed by atoms with E-state index in [4.69, 9.17) is 0 Å². The maximum atomic E-state index is 12.0. The molecule has 2 aromatic rings. The summed E-state index contributed by atoms with van der Waals surface area (Å²) in [6.07, 6.45) is 1.60. The predicted molar refractivity (Wildman–Crippen MR) is 72.7 cm³/mol. The number of nitrogens with one attached hydrogen (secondary N) is 1. The molecule has 0 saturated heterocycles. The van der Waals surface area contributed by atoms with E-state index >= 15 is 0 Å². The van der Waals surface area contributed by atoms with Crippen LogP contribution in [0.3, 0.4) is 0 Å². The van der Waals surface area contributed by atoms with Gasteiger partial charge in [0.25, 0.3) is 5.91 Å². The van der Waals surface area contributed by atoms with Gasteiger partial charge in [0.1, 0.15) is 11.6 Å². The molecule has 0 radical (unpaired) electrons. The standard InChI is InChI=1S/C13H11BrN2O2/c1-8-3-2-6-15-12(8)16-13(18)10-7-9(14)4-5-11(10)17/h2-7,17H,1H3,(H,15,16,18). The first kappa shape index (κ1) is 12.6. The van der Waals surface area contributed by atoms with Gasteiger partial charge in [-0.25, -0.2) is 4.98 Å². The first-order valence-electron chi connectivity index (χ1n) is 5.29. The molecule has 0 spiro atoms. The largest absolute Gasteiger partial charge is 0.507 e. The van der Waals surface area contributed by atoms with Gasteiger partial charge in [-0.3, -0.25) is 4.79 Å². The Morgan fingerprint density at radius 3 is 2.89 bits per heavy atom. The summed E-state index contributed by atoms with van der Waals surface area (Å²) in [7, 11) is 0. The Morgan fingerprint density at radius 2 is 2.17 bits per heavy atom. The minimum absolute atomic E-state index is 0.0655. The number of hydrogen-bond donors (Lipinski definition) is 2. The smallest absolute Gasteiger partial charge is 0.260 e. The monoisotopic (exact) mass is 306 g/mol. The molecule has 1 heterocycles. The van der Waals surface area contributed by atoms with E-state index in [-0.39, 0.29) is 11.3 Å². The average molecular weight is 307 g/mol. The van der Waals surface area contributed by atoms with Gasteiger partial charge in [0, 0.05) is 10.7 Å². The van der Waals surface area contributed by atoms with E-state index in [1.807, 2.05) is 13.0 Å². The fourth-order valence-corrected chi connectivity index (χ4v) is 1.84. The quantitative estimate of drug-likeness (QED) is 0.896. The molecule has 0 aliphatic heterocycles. The van der Waals surface area contributed by atoms with Gasteiger partial charge in [-0.15, -0.1) is 0 Å². The molecular weight excluding hydrogens is 296 g/mol. The molecule has 18 heavy (non-hydrogen) atoms. The summed E-state index contributed by atoms with van der Waals surface area (Å²) in [6.45, 7) is 1.85. The first-order valence-corrected chi connectivity index (χ1v) is 6.08. The summed E-state index contributed by atoms with van der Waals surface area (Å²) < 4.78 is 0.725. The highest BCUT2D eigenvalue weighted by molar-refractivity contribution is 9.10. The molecule has 0 fully saturated rings. The molecule has 0 saturated carbocycles. The van der Waals surface area contributed by atoms with Crippen LogP contribution in [-0.4, -0.2) is 16.0 Å². The van der Waals surface area contributed by atoms with Gasteiger partial charge in [0.15, 0.2) is 0 Å². The van der Waals surface area contributed by atoms with Crippen LogP contribution in [0.5, 0.6) is 5.75 Å². The molecule has 0 aliphatic carbocycles. The Morgan fingerprint density at radius 1 is 1.39 bits per heavy atom. The van der Waals surface area contributed by atoms with Crippen molar-refractivity contribution in [1.29, 1.82) is 0 Å². The lowest BCUT2D eigenvalue weighted by Gasteiger charge is -2.08. The molecule has 1 aromatic carbocycles. The Kier molecular flexibility index (Phi) is 3.62. The van der Waals surface area contributed by atoms with Crippen molar-refractivity contribution in [3.63, 3.8) is 0 Å². The van der Waals surface area contributed by atoms with Crippen LogP contribution >= 0.6 is 15.9 Å². The average Bonchev–Trinajstić information content (AvgIpc) is 2.35. The van der Waals surface area contributed by atoms with E-state index < -0.39 is 5.91 Å². The molecule has 2 rings (SSSR count). The van der Waals surface area contributed by atoms with E-state index in [0.29, 0.717) is 5.82 Å². The van der Waals surface area contributed by atoms with Gasteiger partial charge in [-0.2, -0.15) is 0 Å². The van der Waals surface area contributed by atoms with Crippen LogP contribution in [0.15, 0.2) is 41.0 Å². The zero-order chi connectivity index (χ0) is 13.1.